The van der Waals surface area contributed by atoms with Gasteiger partial charge < -0.3 is 0 Å². The van der Waals surface area contributed by atoms with Crippen LogP contribution in [0.5, 0.6) is 0 Å². The molecule has 3 aliphatic rings. The van der Waals surface area contributed by atoms with Gasteiger partial charge in [-0.25, -0.2) is 0 Å². The summed E-state index contributed by atoms with van der Waals surface area (Å²) in [5.41, 5.74) is 5.14. The fourth-order valence-corrected chi connectivity index (χ4v) is 3.77. The highest BCUT2D eigenvalue weighted by atomic mass is 14.5. The lowest BCUT2D eigenvalue weighted by molar-refractivity contribution is 0.577. The molecule has 3 rings (SSSR count). The highest BCUT2D eigenvalue weighted by Crippen LogP contribution is 2.55. The topological polar surface area (TPSA) is 0 Å². The molecule has 0 amide bonds. The Balaban J connectivity index is 1.87. The minimum atomic E-state index is 0.691. The van der Waals surface area contributed by atoms with Crippen molar-refractivity contribution in [3.05, 3.63) is 35.5 Å². The van der Waals surface area contributed by atoms with Crippen molar-refractivity contribution in [1.82, 2.24) is 0 Å². The Hall–Kier alpha value is -0.780. The number of rotatable bonds is 2. The summed E-state index contributed by atoms with van der Waals surface area (Å²) < 4.78 is 0. The molecule has 0 spiro atoms. The molecule has 0 aromatic carbocycles. The van der Waals surface area contributed by atoms with Gasteiger partial charge in [0.25, 0.3) is 0 Å². The van der Waals surface area contributed by atoms with Crippen LogP contribution in [0.1, 0.15) is 46.0 Å². The quantitative estimate of drug-likeness (QED) is 0.590. The van der Waals surface area contributed by atoms with Crippen LogP contribution in [0, 0.1) is 23.7 Å². The molecule has 17 heavy (non-hydrogen) atoms. The third-order valence-corrected chi connectivity index (χ3v) is 5.17. The maximum absolute atomic E-state index is 4.08. The van der Waals surface area contributed by atoms with Crippen molar-refractivity contribution < 1.29 is 0 Å². The van der Waals surface area contributed by atoms with Gasteiger partial charge in [0.15, 0.2) is 0 Å². The summed E-state index contributed by atoms with van der Waals surface area (Å²) >= 11 is 0. The number of fused-ring (bicyclic) bond motifs is 2. The van der Waals surface area contributed by atoms with Crippen LogP contribution < -0.4 is 0 Å². The summed E-state index contributed by atoms with van der Waals surface area (Å²) in [7, 11) is 0. The fourth-order valence-electron chi connectivity index (χ4n) is 3.77. The van der Waals surface area contributed by atoms with Crippen LogP contribution >= 0.6 is 0 Å². The highest BCUT2D eigenvalue weighted by Gasteiger charge is 2.44. The Kier molecular flexibility index (Phi) is 2.77. The molecule has 0 saturated heterocycles. The second kappa shape index (κ2) is 4.15. The predicted octanol–water partition coefficient (Wildman–Crippen LogP) is 4.89. The van der Waals surface area contributed by atoms with Gasteiger partial charge >= 0.3 is 0 Å². The first-order chi connectivity index (χ1) is 8.24. The lowest BCUT2D eigenvalue weighted by atomic mass is 9.90. The molecule has 4 unspecified atom stereocenters. The molecule has 4 atom stereocenters. The zero-order valence-corrected chi connectivity index (χ0v) is 11.2. The van der Waals surface area contributed by atoms with E-state index in [1.807, 2.05) is 0 Å². The number of hydrogen-bond acceptors (Lipinski definition) is 0. The monoisotopic (exact) mass is 228 g/mol. The van der Waals surface area contributed by atoms with Crippen LogP contribution in [0.4, 0.5) is 0 Å². The van der Waals surface area contributed by atoms with Gasteiger partial charge in [0.2, 0.25) is 0 Å². The fraction of sp³-hybridized carbons (Fsp3) is 0.647. The van der Waals surface area contributed by atoms with E-state index in [1.165, 1.54) is 32.1 Å². The van der Waals surface area contributed by atoms with Crippen LogP contribution in [0.25, 0.3) is 0 Å². The van der Waals surface area contributed by atoms with E-state index in [-0.39, 0.29) is 0 Å². The summed E-state index contributed by atoms with van der Waals surface area (Å²) in [4.78, 5) is 0. The third-order valence-electron chi connectivity index (χ3n) is 5.17. The summed E-state index contributed by atoms with van der Waals surface area (Å²) in [6.07, 6.45) is 11.5. The Bertz CT molecular complexity index is 396. The van der Waals surface area contributed by atoms with Crippen molar-refractivity contribution >= 4 is 0 Å². The Morgan fingerprint density at radius 3 is 2.94 bits per heavy atom. The van der Waals surface area contributed by atoms with Gasteiger partial charge in [-0.15, -0.1) is 6.58 Å². The van der Waals surface area contributed by atoms with E-state index in [0.29, 0.717) is 5.92 Å². The first-order valence-electron chi connectivity index (χ1n) is 7.24. The Morgan fingerprint density at radius 2 is 2.24 bits per heavy atom. The van der Waals surface area contributed by atoms with Crippen LogP contribution in [0.3, 0.4) is 0 Å². The maximum Gasteiger partial charge on any atom is 0.000522 e. The van der Waals surface area contributed by atoms with Crippen molar-refractivity contribution in [2.75, 3.05) is 0 Å². The van der Waals surface area contributed by atoms with Gasteiger partial charge in [-0.05, 0) is 56.8 Å². The molecule has 0 N–H and O–H groups in total. The number of hydrogen-bond donors (Lipinski definition) is 0. The largest absolute Gasteiger partial charge is 0.102 e. The van der Waals surface area contributed by atoms with E-state index in [1.54, 1.807) is 16.7 Å². The molecule has 0 heterocycles. The van der Waals surface area contributed by atoms with Gasteiger partial charge in [-0.3, -0.25) is 0 Å². The molecule has 3 aliphatic carbocycles. The molecule has 2 saturated carbocycles. The zero-order valence-electron chi connectivity index (χ0n) is 11.2. The van der Waals surface area contributed by atoms with Crippen molar-refractivity contribution in [3.8, 4) is 0 Å². The van der Waals surface area contributed by atoms with E-state index < -0.39 is 0 Å². The molecule has 0 aliphatic heterocycles. The average Bonchev–Trinajstić information content (AvgIpc) is 3.20. The molecule has 0 nitrogen and oxygen atoms in total. The summed E-state index contributed by atoms with van der Waals surface area (Å²) in [5.74, 6) is 3.44. The molecule has 0 aromatic rings. The SMILES string of the molecule is C=CC1C(C)=C2CC2CC=C(CC)CC2CC21. The Morgan fingerprint density at radius 1 is 1.41 bits per heavy atom. The molecule has 0 aromatic heterocycles. The normalized spacial score (nSPS) is 40.0. The predicted molar refractivity (Wildman–Crippen MR) is 73.7 cm³/mol. The minimum Gasteiger partial charge on any atom is -0.102 e. The van der Waals surface area contributed by atoms with Gasteiger partial charge in [0.05, 0.1) is 0 Å². The van der Waals surface area contributed by atoms with E-state index >= 15 is 0 Å². The molecule has 0 bridgehead atoms. The zero-order chi connectivity index (χ0) is 12.0. The first-order valence-corrected chi connectivity index (χ1v) is 7.24. The molecule has 92 valence electrons. The standard InChI is InChI=1S/C17H24/c1-4-12-6-7-13-9-16(13)11(3)15(5-2)17-10-14(17)8-12/h5-6,13-15,17H,2,4,7-10H2,1,3H3. The van der Waals surface area contributed by atoms with Crippen molar-refractivity contribution in [3.63, 3.8) is 0 Å². The van der Waals surface area contributed by atoms with Crippen LogP contribution in [0.15, 0.2) is 35.5 Å². The van der Waals surface area contributed by atoms with Crippen molar-refractivity contribution in [2.24, 2.45) is 23.7 Å². The van der Waals surface area contributed by atoms with E-state index in [9.17, 15) is 0 Å². The van der Waals surface area contributed by atoms with Gasteiger partial charge in [0.1, 0.15) is 0 Å². The lowest BCUT2D eigenvalue weighted by Crippen LogP contribution is -2.04. The maximum atomic E-state index is 4.08. The molecule has 0 radical (unpaired) electrons. The second-order valence-electron chi connectivity index (χ2n) is 6.19. The summed E-state index contributed by atoms with van der Waals surface area (Å²) in [5, 5.41) is 0. The second-order valence-corrected chi connectivity index (χ2v) is 6.19. The van der Waals surface area contributed by atoms with Gasteiger partial charge in [0, 0.05) is 5.92 Å². The first kappa shape index (κ1) is 11.3. The summed E-state index contributed by atoms with van der Waals surface area (Å²) in [6.45, 7) is 8.76. The Labute approximate surface area is 105 Å². The molecule has 0 heteroatoms. The van der Waals surface area contributed by atoms with E-state index in [4.69, 9.17) is 0 Å². The smallest absolute Gasteiger partial charge is 0.000522 e. The molecular formula is C17H24. The number of allylic oxidation sites excluding steroid dienone is 5. The van der Waals surface area contributed by atoms with Crippen LogP contribution in [-0.2, 0) is 0 Å². The molecule has 2 fully saturated rings. The minimum absolute atomic E-state index is 0.691. The van der Waals surface area contributed by atoms with Crippen molar-refractivity contribution in [1.29, 1.82) is 0 Å². The molecular weight excluding hydrogens is 204 g/mol. The van der Waals surface area contributed by atoms with Gasteiger partial charge in [-0.1, -0.05) is 35.8 Å². The third kappa shape index (κ3) is 2.03. The lowest BCUT2D eigenvalue weighted by Gasteiger charge is -2.15. The van der Waals surface area contributed by atoms with Crippen LogP contribution in [-0.4, -0.2) is 0 Å². The average molecular weight is 228 g/mol. The van der Waals surface area contributed by atoms with E-state index in [0.717, 1.165) is 17.8 Å². The van der Waals surface area contributed by atoms with E-state index in [2.05, 4.69) is 32.6 Å². The van der Waals surface area contributed by atoms with Gasteiger partial charge in [-0.2, -0.15) is 0 Å². The summed E-state index contributed by atoms with van der Waals surface area (Å²) in [6, 6.07) is 0. The van der Waals surface area contributed by atoms with Crippen LogP contribution in [0.2, 0.25) is 0 Å². The highest BCUT2D eigenvalue weighted by molar-refractivity contribution is 5.35. The van der Waals surface area contributed by atoms with Crippen molar-refractivity contribution in [2.45, 2.75) is 46.0 Å².